The second-order valence-electron chi connectivity index (χ2n) is 4.75. The zero-order valence-corrected chi connectivity index (χ0v) is 13.6. The van der Waals surface area contributed by atoms with Crippen molar-refractivity contribution in [2.75, 3.05) is 20.1 Å². The van der Waals surface area contributed by atoms with Crippen molar-refractivity contribution in [2.24, 2.45) is 0 Å². The monoisotopic (exact) mass is 340 g/mol. The summed E-state index contributed by atoms with van der Waals surface area (Å²) in [7, 11) is 1.76. The Balaban J connectivity index is 2.32. The molecule has 4 nitrogen and oxygen atoms in total. The lowest BCUT2D eigenvalue weighted by atomic mass is 10.1. The lowest BCUT2D eigenvalue weighted by Gasteiger charge is -2.16. The number of hydrogen-bond acceptors (Lipinski definition) is 2. The molecule has 0 spiro atoms. The number of rotatable bonds is 7. The van der Waals surface area contributed by atoms with Gasteiger partial charge in [-0.1, -0.05) is 41.4 Å². The fourth-order valence-corrected chi connectivity index (χ4v) is 1.94. The molecule has 0 bridgehead atoms. The molecule has 1 rings (SSSR count). The van der Waals surface area contributed by atoms with Crippen LogP contribution in [0.3, 0.4) is 0 Å². The van der Waals surface area contributed by atoms with Crippen molar-refractivity contribution in [1.82, 2.24) is 10.2 Å². The van der Waals surface area contributed by atoms with Crippen LogP contribution in [0, 0.1) is 0 Å². The third kappa shape index (κ3) is 6.19. The van der Waals surface area contributed by atoms with E-state index in [0.29, 0.717) is 6.42 Å². The smallest absolute Gasteiger partial charge is 0.241 e. The van der Waals surface area contributed by atoms with Crippen molar-refractivity contribution >= 4 is 27.7 Å². The van der Waals surface area contributed by atoms with Crippen LogP contribution in [0.5, 0.6) is 0 Å². The first-order chi connectivity index (χ1) is 9.52. The van der Waals surface area contributed by atoms with Crippen LogP contribution < -0.4 is 5.32 Å². The third-order valence-electron chi connectivity index (χ3n) is 2.99. The average Bonchev–Trinajstić information content (AvgIpc) is 2.44. The second kappa shape index (κ2) is 8.74. The van der Waals surface area contributed by atoms with Gasteiger partial charge in [-0.2, -0.15) is 0 Å². The number of likely N-dealkylation sites (N-methyl/N-ethyl adjacent to an activating group) is 1. The Morgan fingerprint density at radius 2 is 1.90 bits per heavy atom. The summed E-state index contributed by atoms with van der Waals surface area (Å²) in [6.45, 7) is 2.88. The van der Waals surface area contributed by atoms with E-state index >= 15 is 0 Å². The SMILES string of the molecule is CCCCN(C)C(=O)CNC(=O)Cc1ccc(Br)cc1. The molecule has 0 fully saturated rings. The average molecular weight is 341 g/mol. The number of nitrogens with zero attached hydrogens (tertiary/aromatic N) is 1. The minimum Gasteiger partial charge on any atom is -0.347 e. The van der Waals surface area contributed by atoms with Crippen LogP contribution in [-0.2, 0) is 16.0 Å². The molecule has 0 saturated heterocycles. The van der Waals surface area contributed by atoms with E-state index in [1.165, 1.54) is 0 Å². The van der Waals surface area contributed by atoms with Crippen LogP contribution in [0.15, 0.2) is 28.7 Å². The standard InChI is InChI=1S/C15H21BrN2O2/c1-3-4-9-18(2)15(20)11-17-14(19)10-12-5-7-13(16)8-6-12/h5-8H,3-4,9-11H2,1-2H3,(H,17,19). The first-order valence-electron chi connectivity index (χ1n) is 6.78. The Bertz CT molecular complexity index is 446. The molecule has 1 N–H and O–H groups in total. The highest BCUT2D eigenvalue weighted by Crippen LogP contribution is 2.10. The van der Waals surface area contributed by atoms with Crippen LogP contribution in [0.2, 0.25) is 0 Å². The van der Waals surface area contributed by atoms with E-state index in [1.807, 2.05) is 24.3 Å². The Morgan fingerprint density at radius 3 is 2.50 bits per heavy atom. The van der Waals surface area contributed by atoms with Gasteiger partial charge in [0.15, 0.2) is 0 Å². The molecular weight excluding hydrogens is 320 g/mol. The molecule has 0 radical (unpaired) electrons. The lowest BCUT2D eigenvalue weighted by molar-refractivity contribution is -0.131. The fraction of sp³-hybridized carbons (Fsp3) is 0.467. The summed E-state index contributed by atoms with van der Waals surface area (Å²) in [5, 5.41) is 2.66. The third-order valence-corrected chi connectivity index (χ3v) is 3.52. The van der Waals surface area contributed by atoms with Gasteiger partial charge in [-0.3, -0.25) is 9.59 Å². The maximum atomic E-state index is 11.8. The summed E-state index contributed by atoms with van der Waals surface area (Å²) < 4.78 is 0.981. The van der Waals surface area contributed by atoms with Gasteiger partial charge in [0.1, 0.15) is 0 Å². The molecule has 0 saturated carbocycles. The normalized spacial score (nSPS) is 10.2. The molecule has 0 atom stereocenters. The van der Waals surface area contributed by atoms with E-state index in [0.717, 1.165) is 29.4 Å². The van der Waals surface area contributed by atoms with Gasteiger partial charge in [-0.15, -0.1) is 0 Å². The minimum atomic E-state index is -0.135. The summed E-state index contributed by atoms with van der Waals surface area (Å²) in [5.74, 6) is -0.188. The van der Waals surface area contributed by atoms with Crippen LogP contribution in [0.1, 0.15) is 25.3 Å². The highest BCUT2D eigenvalue weighted by atomic mass is 79.9. The van der Waals surface area contributed by atoms with Gasteiger partial charge >= 0.3 is 0 Å². The van der Waals surface area contributed by atoms with Crippen molar-refractivity contribution < 1.29 is 9.59 Å². The van der Waals surface area contributed by atoms with E-state index in [9.17, 15) is 9.59 Å². The maximum Gasteiger partial charge on any atom is 0.241 e. The van der Waals surface area contributed by atoms with Gasteiger partial charge in [0.05, 0.1) is 13.0 Å². The van der Waals surface area contributed by atoms with E-state index < -0.39 is 0 Å². The maximum absolute atomic E-state index is 11.8. The molecule has 0 unspecified atom stereocenters. The summed E-state index contributed by atoms with van der Waals surface area (Å²) in [4.78, 5) is 25.2. The molecule has 0 aliphatic carbocycles. The molecule has 0 aromatic heterocycles. The number of benzene rings is 1. The van der Waals surface area contributed by atoms with Gasteiger partial charge in [0, 0.05) is 18.1 Å². The molecule has 5 heteroatoms. The number of nitrogens with one attached hydrogen (secondary N) is 1. The van der Waals surface area contributed by atoms with Crippen molar-refractivity contribution in [3.05, 3.63) is 34.3 Å². The highest BCUT2D eigenvalue weighted by molar-refractivity contribution is 9.10. The first-order valence-corrected chi connectivity index (χ1v) is 7.57. The van der Waals surface area contributed by atoms with Crippen LogP contribution in [0.25, 0.3) is 0 Å². The van der Waals surface area contributed by atoms with Crippen molar-refractivity contribution in [3.8, 4) is 0 Å². The molecular formula is C15H21BrN2O2. The molecule has 20 heavy (non-hydrogen) atoms. The quantitative estimate of drug-likeness (QED) is 0.828. The Kier molecular flexibility index (Phi) is 7.30. The molecule has 0 aliphatic rings. The Hall–Kier alpha value is -1.36. The van der Waals surface area contributed by atoms with Gasteiger partial charge in [-0.25, -0.2) is 0 Å². The molecule has 0 heterocycles. The minimum absolute atomic E-state index is 0.0531. The van der Waals surface area contributed by atoms with Gasteiger partial charge in [0.2, 0.25) is 11.8 Å². The first kappa shape index (κ1) is 16.7. The predicted molar refractivity (Wildman–Crippen MR) is 83.4 cm³/mol. The Morgan fingerprint density at radius 1 is 1.25 bits per heavy atom. The zero-order chi connectivity index (χ0) is 15.0. The van der Waals surface area contributed by atoms with Gasteiger partial charge < -0.3 is 10.2 Å². The molecule has 0 aliphatic heterocycles. The van der Waals surface area contributed by atoms with Crippen molar-refractivity contribution in [2.45, 2.75) is 26.2 Å². The van der Waals surface area contributed by atoms with Crippen LogP contribution in [-0.4, -0.2) is 36.9 Å². The summed E-state index contributed by atoms with van der Waals surface area (Å²) in [6, 6.07) is 7.57. The van der Waals surface area contributed by atoms with E-state index in [4.69, 9.17) is 0 Å². The van der Waals surface area contributed by atoms with Crippen LogP contribution >= 0.6 is 15.9 Å². The molecule has 1 aromatic rings. The van der Waals surface area contributed by atoms with Crippen molar-refractivity contribution in [3.63, 3.8) is 0 Å². The summed E-state index contributed by atoms with van der Waals surface area (Å²) in [5.41, 5.74) is 0.928. The predicted octanol–water partition coefficient (Wildman–Crippen LogP) is 2.37. The molecule has 110 valence electrons. The summed E-state index contributed by atoms with van der Waals surface area (Å²) >= 11 is 3.35. The number of amides is 2. The number of hydrogen-bond donors (Lipinski definition) is 1. The van der Waals surface area contributed by atoms with E-state index in [2.05, 4.69) is 28.2 Å². The molecule has 2 amide bonds. The lowest BCUT2D eigenvalue weighted by Crippen LogP contribution is -2.39. The van der Waals surface area contributed by atoms with Crippen molar-refractivity contribution in [1.29, 1.82) is 0 Å². The van der Waals surface area contributed by atoms with E-state index in [1.54, 1.807) is 11.9 Å². The number of carbonyl (C=O) groups excluding carboxylic acids is 2. The highest BCUT2D eigenvalue weighted by Gasteiger charge is 2.10. The van der Waals surface area contributed by atoms with Gasteiger partial charge in [-0.05, 0) is 24.1 Å². The number of carbonyl (C=O) groups is 2. The molecule has 1 aromatic carbocycles. The number of unbranched alkanes of at least 4 members (excludes halogenated alkanes) is 1. The largest absolute Gasteiger partial charge is 0.347 e. The zero-order valence-electron chi connectivity index (χ0n) is 12.0. The van der Waals surface area contributed by atoms with E-state index in [-0.39, 0.29) is 18.4 Å². The fourth-order valence-electron chi connectivity index (χ4n) is 1.68. The Labute approximate surface area is 128 Å². The summed E-state index contributed by atoms with van der Waals surface area (Å²) in [6.07, 6.45) is 2.32. The number of halogens is 1. The topological polar surface area (TPSA) is 49.4 Å². The second-order valence-corrected chi connectivity index (χ2v) is 5.66. The van der Waals surface area contributed by atoms with Crippen LogP contribution in [0.4, 0.5) is 0 Å². The van der Waals surface area contributed by atoms with Gasteiger partial charge in [0.25, 0.3) is 0 Å².